The van der Waals surface area contributed by atoms with Crippen molar-refractivity contribution in [3.63, 3.8) is 0 Å². The molecular formula is C16H19N3O4. The molecule has 0 saturated carbocycles. The van der Waals surface area contributed by atoms with Gasteiger partial charge >= 0.3 is 5.97 Å². The Bertz CT molecular complexity index is 695. The van der Waals surface area contributed by atoms with E-state index in [0.29, 0.717) is 0 Å². The summed E-state index contributed by atoms with van der Waals surface area (Å²) in [5.41, 5.74) is 0.803. The third-order valence-electron chi connectivity index (χ3n) is 3.19. The number of esters is 1. The number of ether oxygens (including phenoxy) is 2. The highest BCUT2D eigenvalue weighted by atomic mass is 16.6. The minimum atomic E-state index is -0.899. The molecule has 23 heavy (non-hydrogen) atoms. The molecule has 0 radical (unpaired) electrons. The number of nitrogens with zero attached hydrogens (tertiary/aromatic N) is 3. The Morgan fingerprint density at radius 3 is 2.43 bits per heavy atom. The van der Waals surface area contributed by atoms with Crippen LogP contribution in [0, 0.1) is 0 Å². The van der Waals surface area contributed by atoms with Crippen molar-refractivity contribution in [1.82, 2.24) is 14.7 Å². The Kier molecular flexibility index (Phi) is 5.00. The number of para-hydroxylation sites is 1. The van der Waals surface area contributed by atoms with Crippen molar-refractivity contribution >= 4 is 11.9 Å². The lowest BCUT2D eigenvalue weighted by Crippen LogP contribution is -2.35. The monoisotopic (exact) mass is 317 g/mol. The molecule has 1 aromatic carbocycles. The average Bonchev–Trinajstić information content (AvgIpc) is 2.99. The van der Waals surface area contributed by atoms with Gasteiger partial charge in [-0.2, -0.15) is 5.10 Å². The first kappa shape index (κ1) is 16.5. The first-order chi connectivity index (χ1) is 10.9. The van der Waals surface area contributed by atoms with E-state index in [0.717, 1.165) is 5.69 Å². The van der Waals surface area contributed by atoms with Gasteiger partial charge in [0.25, 0.3) is 5.91 Å². The van der Waals surface area contributed by atoms with Crippen LogP contribution >= 0.6 is 0 Å². The van der Waals surface area contributed by atoms with Gasteiger partial charge in [-0.05, 0) is 19.1 Å². The number of carbonyl (C=O) groups is 2. The lowest BCUT2D eigenvalue weighted by molar-refractivity contribution is -0.137. The smallest absolute Gasteiger partial charge is 0.363 e. The largest absolute Gasteiger partial charge is 0.493 e. The standard InChI is InChI=1S/C16H19N3O4/c1-11(15(20)18(2)3)23-16(21)14-13(22-4)10-19(17-14)12-8-6-5-7-9-12/h5-11H,1-4H3/t11-/m1/s1. The Morgan fingerprint density at radius 2 is 1.87 bits per heavy atom. The molecule has 0 unspecified atom stereocenters. The van der Waals surface area contributed by atoms with E-state index in [2.05, 4.69) is 5.10 Å². The third kappa shape index (κ3) is 3.68. The summed E-state index contributed by atoms with van der Waals surface area (Å²) in [6.07, 6.45) is 0.689. The van der Waals surface area contributed by atoms with Gasteiger partial charge in [-0.3, -0.25) is 4.79 Å². The summed E-state index contributed by atoms with van der Waals surface area (Å²) in [5.74, 6) is -0.734. The van der Waals surface area contributed by atoms with E-state index in [-0.39, 0.29) is 17.4 Å². The molecule has 1 atom stereocenters. The van der Waals surface area contributed by atoms with Gasteiger partial charge in [0.2, 0.25) is 5.69 Å². The third-order valence-corrected chi connectivity index (χ3v) is 3.19. The maximum atomic E-state index is 12.3. The molecule has 1 amide bonds. The normalized spacial score (nSPS) is 11.7. The number of rotatable bonds is 5. The number of hydrogen-bond donors (Lipinski definition) is 0. The molecule has 0 saturated heterocycles. The fourth-order valence-electron chi connectivity index (χ4n) is 1.99. The van der Waals surface area contributed by atoms with E-state index in [9.17, 15) is 9.59 Å². The molecule has 1 heterocycles. The lowest BCUT2D eigenvalue weighted by atomic mass is 10.3. The van der Waals surface area contributed by atoms with E-state index in [4.69, 9.17) is 9.47 Å². The van der Waals surface area contributed by atoms with E-state index >= 15 is 0 Å². The minimum Gasteiger partial charge on any atom is -0.493 e. The summed E-state index contributed by atoms with van der Waals surface area (Å²) in [6, 6.07) is 9.30. The number of benzene rings is 1. The van der Waals surface area contributed by atoms with Crippen molar-refractivity contribution in [2.24, 2.45) is 0 Å². The molecule has 1 aromatic heterocycles. The van der Waals surface area contributed by atoms with Crippen molar-refractivity contribution in [3.8, 4) is 11.4 Å². The van der Waals surface area contributed by atoms with Crippen LogP contribution in [0.5, 0.6) is 5.75 Å². The number of hydrogen-bond acceptors (Lipinski definition) is 5. The first-order valence-corrected chi connectivity index (χ1v) is 7.05. The van der Waals surface area contributed by atoms with Gasteiger partial charge in [0.1, 0.15) is 0 Å². The van der Waals surface area contributed by atoms with Crippen molar-refractivity contribution in [2.45, 2.75) is 13.0 Å². The van der Waals surface area contributed by atoms with Gasteiger partial charge in [0.05, 0.1) is 19.0 Å². The van der Waals surface area contributed by atoms with E-state index < -0.39 is 12.1 Å². The van der Waals surface area contributed by atoms with Crippen LogP contribution in [0.3, 0.4) is 0 Å². The molecule has 0 bridgehead atoms. The maximum absolute atomic E-state index is 12.3. The molecule has 7 heteroatoms. The molecule has 0 aliphatic heterocycles. The van der Waals surface area contributed by atoms with Crippen LogP contribution in [0.15, 0.2) is 36.5 Å². The van der Waals surface area contributed by atoms with E-state index in [1.807, 2.05) is 30.3 Å². The zero-order chi connectivity index (χ0) is 17.0. The molecule has 0 aliphatic rings. The van der Waals surface area contributed by atoms with Gasteiger partial charge in [-0.15, -0.1) is 0 Å². The molecule has 2 rings (SSSR count). The summed E-state index contributed by atoms with van der Waals surface area (Å²) < 4.78 is 11.9. The lowest BCUT2D eigenvalue weighted by Gasteiger charge is -2.16. The number of aromatic nitrogens is 2. The second-order valence-corrected chi connectivity index (χ2v) is 5.11. The number of likely N-dealkylation sites (N-methyl/N-ethyl adjacent to an activating group) is 1. The van der Waals surface area contributed by atoms with Crippen LogP contribution in [0.25, 0.3) is 5.69 Å². The van der Waals surface area contributed by atoms with Gasteiger partial charge in [0.15, 0.2) is 11.9 Å². The van der Waals surface area contributed by atoms with Crippen LogP contribution < -0.4 is 4.74 Å². The minimum absolute atomic E-state index is 0.0229. The highest BCUT2D eigenvalue weighted by Gasteiger charge is 2.25. The first-order valence-electron chi connectivity index (χ1n) is 7.05. The molecule has 7 nitrogen and oxygen atoms in total. The van der Waals surface area contributed by atoms with Gasteiger partial charge < -0.3 is 14.4 Å². The predicted octanol–water partition coefficient (Wildman–Crippen LogP) is 1.51. The number of amides is 1. The van der Waals surface area contributed by atoms with Crippen molar-refractivity contribution < 1.29 is 19.1 Å². The fraction of sp³-hybridized carbons (Fsp3) is 0.312. The summed E-state index contributed by atoms with van der Waals surface area (Å²) in [4.78, 5) is 25.4. The SMILES string of the molecule is COc1cn(-c2ccccc2)nc1C(=O)O[C@H](C)C(=O)N(C)C. The number of carbonyl (C=O) groups excluding carboxylic acids is 2. The topological polar surface area (TPSA) is 73.7 Å². The zero-order valence-corrected chi connectivity index (χ0v) is 13.5. The Balaban J connectivity index is 2.23. The number of methoxy groups -OCH3 is 1. The van der Waals surface area contributed by atoms with E-state index in [1.165, 1.54) is 23.6 Å². The Labute approximate surface area is 134 Å². The second kappa shape index (κ2) is 6.95. The summed E-state index contributed by atoms with van der Waals surface area (Å²) >= 11 is 0. The van der Waals surface area contributed by atoms with Crippen molar-refractivity contribution in [3.05, 3.63) is 42.2 Å². The summed E-state index contributed by atoms with van der Waals surface area (Å²) in [6.45, 7) is 1.51. The summed E-state index contributed by atoms with van der Waals surface area (Å²) in [7, 11) is 4.63. The Hall–Kier alpha value is -2.83. The summed E-state index contributed by atoms with van der Waals surface area (Å²) in [5, 5.41) is 4.20. The second-order valence-electron chi connectivity index (χ2n) is 5.11. The predicted molar refractivity (Wildman–Crippen MR) is 83.7 cm³/mol. The van der Waals surface area contributed by atoms with Gasteiger partial charge in [-0.1, -0.05) is 18.2 Å². The van der Waals surface area contributed by atoms with Crippen LogP contribution in [0.1, 0.15) is 17.4 Å². The van der Waals surface area contributed by atoms with Gasteiger partial charge in [0, 0.05) is 14.1 Å². The van der Waals surface area contributed by atoms with Crippen LogP contribution in [-0.4, -0.2) is 53.9 Å². The van der Waals surface area contributed by atoms with E-state index in [1.54, 1.807) is 20.3 Å². The fourth-order valence-corrected chi connectivity index (χ4v) is 1.99. The van der Waals surface area contributed by atoms with Crippen LogP contribution in [0.4, 0.5) is 0 Å². The average molecular weight is 317 g/mol. The Morgan fingerprint density at radius 1 is 1.22 bits per heavy atom. The van der Waals surface area contributed by atoms with Crippen molar-refractivity contribution in [1.29, 1.82) is 0 Å². The highest BCUT2D eigenvalue weighted by molar-refractivity contribution is 5.92. The zero-order valence-electron chi connectivity index (χ0n) is 13.5. The maximum Gasteiger partial charge on any atom is 0.363 e. The van der Waals surface area contributed by atoms with Gasteiger partial charge in [-0.25, -0.2) is 9.48 Å². The quantitative estimate of drug-likeness (QED) is 0.782. The van der Waals surface area contributed by atoms with Crippen LogP contribution in [-0.2, 0) is 9.53 Å². The molecule has 122 valence electrons. The molecule has 0 spiro atoms. The van der Waals surface area contributed by atoms with Crippen molar-refractivity contribution in [2.75, 3.05) is 21.2 Å². The molecule has 0 N–H and O–H groups in total. The molecule has 0 fully saturated rings. The highest BCUT2D eigenvalue weighted by Crippen LogP contribution is 2.20. The molecule has 0 aliphatic carbocycles. The molecule has 2 aromatic rings. The molecular weight excluding hydrogens is 298 g/mol. The van der Waals surface area contributed by atoms with Crippen LogP contribution in [0.2, 0.25) is 0 Å².